The molecule has 0 saturated carbocycles. The van der Waals surface area contributed by atoms with Crippen molar-refractivity contribution in [3.63, 3.8) is 0 Å². The van der Waals surface area contributed by atoms with E-state index in [1.165, 1.54) is 13.0 Å². The van der Waals surface area contributed by atoms with Crippen LogP contribution in [0.15, 0.2) is 0 Å². The van der Waals surface area contributed by atoms with Crippen molar-refractivity contribution in [1.29, 1.82) is 0 Å². The zero-order valence-electron chi connectivity index (χ0n) is 7.55. The van der Waals surface area contributed by atoms with E-state index >= 15 is 0 Å². The third-order valence-electron chi connectivity index (χ3n) is 1.80. The zero-order valence-corrected chi connectivity index (χ0v) is 7.55. The number of hydrogen-bond acceptors (Lipinski definition) is 2. The molecule has 1 aliphatic heterocycles. The molecule has 0 aromatic heterocycles. The maximum atomic E-state index is 4.97. The Kier molecular flexibility index (Phi) is 5.64. The number of ether oxygens (including phenoxy) is 1. The lowest BCUT2D eigenvalue weighted by atomic mass is 10.1. The predicted octanol–water partition coefficient (Wildman–Crippen LogP) is 1.36. The lowest BCUT2D eigenvalue weighted by molar-refractivity contribution is 0.0439. The first-order chi connectivity index (χ1) is 4.84. The first-order valence-electron chi connectivity index (χ1n) is 4.04. The van der Waals surface area contributed by atoms with Crippen LogP contribution >= 0.6 is 0 Å². The molecule has 0 aromatic carbocycles. The van der Waals surface area contributed by atoms with Gasteiger partial charge < -0.3 is 9.64 Å². The zero-order chi connectivity index (χ0) is 7.98. The monoisotopic (exact) mass is 145 g/mol. The first kappa shape index (κ1) is 9.92. The molecule has 10 heavy (non-hydrogen) atoms. The fraction of sp³-hybridized carbons (Fsp3) is 1.00. The summed E-state index contributed by atoms with van der Waals surface area (Å²) in [6, 6.07) is 0.708. The van der Waals surface area contributed by atoms with Gasteiger partial charge in [-0.3, -0.25) is 0 Å². The second kappa shape index (κ2) is 5.69. The van der Waals surface area contributed by atoms with Crippen molar-refractivity contribution in [3.05, 3.63) is 0 Å². The molecule has 2 heteroatoms. The Labute approximate surface area is 64.2 Å². The first-order valence-corrected chi connectivity index (χ1v) is 4.04. The third-order valence-corrected chi connectivity index (χ3v) is 1.80. The average molecular weight is 145 g/mol. The van der Waals surface area contributed by atoms with Crippen LogP contribution < -0.4 is 0 Å². The summed E-state index contributed by atoms with van der Waals surface area (Å²) in [6.45, 7) is 6.14. The van der Waals surface area contributed by atoms with E-state index in [1.807, 2.05) is 13.8 Å². The van der Waals surface area contributed by atoms with E-state index in [4.69, 9.17) is 4.74 Å². The van der Waals surface area contributed by atoms with Gasteiger partial charge in [0.05, 0.1) is 6.61 Å². The minimum Gasteiger partial charge on any atom is -0.383 e. The summed E-state index contributed by atoms with van der Waals surface area (Å²) in [7, 11) is 3.89. The predicted molar refractivity (Wildman–Crippen MR) is 44.3 cm³/mol. The van der Waals surface area contributed by atoms with Crippen LogP contribution in [0.3, 0.4) is 0 Å². The van der Waals surface area contributed by atoms with Gasteiger partial charge in [0.15, 0.2) is 0 Å². The summed E-state index contributed by atoms with van der Waals surface area (Å²) in [5, 5.41) is 0. The molecule has 0 aromatic rings. The van der Waals surface area contributed by atoms with Gasteiger partial charge in [-0.15, -0.1) is 0 Å². The van der Waals surface area contributed by atoms with Gasteiger partial charge in [-0.1, -0.05) is 13.8 Å². The Hall–Kier alpha value is -0.0800. The molecule has 2 nitrogen and oxygen atoms in total. The summed E-state index contributed by atoms with van der Waals surface area (Å²) in [4.78, 5) is 2.31. The highest BCUT2D eigenvalue weighted by atomic mass is 16.5. The number of likely N-dealkylation sites (tertiary alicyclic amines) is 1. The van der Waals surface area contributed by atoms with Crippen LogP contribution in [0.25, 0.3) is 0 Å². The second-order valence-corrected chi connectivity index (χ2v) is 2.38. The van der Waals surface area contributed by atoms with Crippen molar-refractivity contribution in [2.75, 3.05) is 27.3 Å². The van der Waals surface area contributed by atoms with E-state index < -0.39 is 0 Å². The quantitative estimate of drug-likeness (QED) is 0.582. The van der Waals surface area contributed by atoms with Gasteiger partial charge in [0, 0.05) is 13.2 Å². The Morgan fingerprint density at radius 3 is 2.20 bits per heavy atom. The van der Waals surface area contributed by atoms with Gasteiger partial charge in [0.25, 0.3) is 0 Å². The van der Waals surface area contributed by atoms with Crippen molar-refractivity contribution >= 4 is 0 Å². The smallest absolute Gasteiger partial charge is 0.0618 e. The maximum absolute atomic E-state index is 4.97. The van der Waals surface area contributed by atoms with Gasteiger partial charge in [-0.2, -0.15) is 0 Å². The summed E-state index contributed by atoms with van der Waals surface area (Å²) < 4.78 is 4.97. The molecule has 1 saturated heterocycles. The van der Waals surface area contributed by atoms with Crippen LogP contribution in [0.1, 0.15) is 20.3 Å². The topological polar surface area (TPSA) is 12.5 Å². The fourth-order valence-electron chi connectivity index (χ4n) is 0.973. The molecule has 0 bridgehead atoms. The minimum atomic E-state index is 0.708. The van der Waals surface area contributed by atoms with E-state index in [9.17, 15) is 0 Å². The highest BCUT2D eigenvalue weighted by Gasteiger charge is 2.22. The van der Waals surface area contributed by atoms with Crippen molar-refractivity contribution < 1.29 is 4.74 Å². The molecule has 1 heterocycles. The highest BCUT2D eigenvalue weighted by molar-refractivity contribution is 4.78. The summed E-state index contributed by atoms with van der Waals surface area (Å²) in [6.07, 6.45) is 1.31. The molecule has 0 amide bonds. The van der Waals surface area contributed by atoms with E-state index in [2.05, 4.69) is 11.9 Å². The van der Waals surface area contributed by atoms with Crippen LogP contribution in [0.4, 0.5) is 0 Å². The Morgan fingerprint density at radius 2 is 2.10 bits per heavy atom. The van der Waals surface area contributed by atoms with Crippen LogP contribution in [-0.2, 0) is 4.74 Å². The molecule has 1 unspecified atom stereocenters. The number of hydrogen-bond donors (Lipinski definition) is 0. The van der Waals surface area contributed by atoms with E-state index in [-0.39, 0.29) is 0 Å². The van der Waals surface area contributed by atoms with Gasteiger partial charge in [0.2, 0.25) is 0 Å². The van der Waals surface area contributed by atoms with Crippen LogP contribution in [0.5, 0.6) is 0 Å². The molecular weight excluding hydrogens is 126 g/mol. The van der Waals surface area contributed by atoms with Crippen LogP contribution in [-0.4, -0.2) is 38.3 Å². The van der Waals surface area contributed by atoms with Crippen LogP contribution in [0, 0.1) is 0 Å². The molecule has 0 spiro atoms. The molecule has 0 aliphatic carbocycles. The molecule has 62 valence electrons. The molecule has 1 atom stereocenters. The molecule has 1 rings (SSSR count). The van der Waals surface area contributed by atoms with E-state index in [1.54, 1.807) is 7.11 Å². The standard InChI is InChI=1S/C6H13NO.C2H6/c1-7-4-3-6(7)5-8-2;1-2/h6H,3-5H2,1-2H3;1-2H3. The minimum absolute atomic E-state index is 0.708. The molecular formula is C8H19NO. The van der Waals surface area contributed by atoms with Gasteiger partial charge in [0.1, 0.15) is 0 Å². The lowest BCUT2D eigenvalue weighted by Crippen LogP contribution is -2.47. The van der Waals surface area contributed by atoms with Gasteiger partial charge in [-0.05, 0) is 20.0 Å². The third kappa shape index (κ3) is 2.67. The fourth-order valence-corrected chi connectivity index (χ4v) is 0.973. The SMILES string of the molecule is CC.COCC1CCN1C. The summed E-state index contributed by atoms with van der Waals surface area (Å²) in [5.74, 6) is 0. The summed E-state index contributed by atoms with van der Waals surface area (Å²) in [5.41, 5.74) is 0. The molecule has 0 N–H and O–H groups in total. The molecule has 1 fully saturated rings. The normalized spacial score (nSPS) is 24.6. The largest absolute Gasteiger partial charge is 0.383 e. The van der Waals surface area contributed by atoms with Crippen molar-refractivity contribution in [1.82, 2.24) is 4.90 Å². The maximum Gasteiger partial charge on any atom is 0.0618 e. The highest BCUT2D eigenvalue weighted by Crippen LogP contribution is 2.13. The van der Waals surface area contributed by atoms with Crippen LogP contribution in [0.2, 0.25) is 0 Å². The number of nitrogens with zero attached hydrogens (tertiary/aromatic N) is 1. The Balaban J connectivity index is 0.000000371. The lowest BCUT2D eigenvalue weighted by Gasteiger charge is -2.37. The Bertz CT molecular complexity index is 75.7. The molecule has 0 radical (unpaired) electrons. The Morgan fingerprint density at radius 1 is 1.50 bits per heavy atom. The molecule has 1 aliphatic rings. The van der Waals surface area contributed by atoms with Gasteiger partial charge in [-0.25, -0.2) is 0 Å². The number of likely N-dealkylation sites (N-methyl/N-ethyl adjacent to an activating group) is 1. The summed E-state index contributed by atoms with van der Waals surface area (Å²) >= 11 is 0. The van der Waals surface area contributed by atoms with Crippen molar-refractivity contribution in [2.24, 2.45) is 0 Å². The number of rotatable bonds is 2. The van der Waals surface area contributed by atoms with Gasteiger partial charge >= 0.3 is 0 Å². The van der Waals surface area contributed by atoms with Crippen molar-refractivity contribution in [3.8, 4) is 0 Å². The van der Waals surface area contributed by atoms with E-state index in [0.29, 0.717) is 6.04 Å². The van der Waals surface area contributed by atoms with E-state index in [0.717, 1.165) is 6.61 Å². The number of methoxy groups -OCH3 is 1. The average Bonchev–Trinajstić information content (AvgIpc) is 2.01. The second-order valence-electron chi connectivity index (χ2n) is 2.38. The van der Waals surface area contributed by atoms with Crippen molar-refractivity contribution in [2.45, 2.75) is 26.3 Å².